The van der Waals surface area contributed by atoms with Gasteiger partial charge in [0.05, 0.1) is 16.7 Å². The second-order valence-electron chi connectivity index (χ2n) is 2.52. The SMILES string of the molecule is CC(C)(SSCC(=O)[O-])C(=O)[O-]. The Morgan fingerprint density at radius 2 is 1.83 bits per heavy atom. The zero-order valence-corrected chi connectivity index (χ0v) is 8.29. The Kier molecular flexibility index (Phi) is 4.47. The monoisotopic (exact) mass is 208 g/mol. The van der Waals surface area contributed by atoms with Gasteiger partial charge in [-0.15, -0.1) is 0 Å². The molecule has 12 heavy (non-hydrogen) atoms. The molecule has 0 fully saturated rings. The molecule has 4 nitrogen and oxygen atoms in total. The smallest absolute Gasteiger partial charge is 0.0601 e. The van der Waals surface area contributed by atoms with Gasteiger partial charge in [0.1, 0.15) is 0 Å². The largest absolute Gasteiger partial charge is 0.549 e. The number of carbonyl (C=O) groups is 2. The number of carboxylic acid groups (broad SMARTS) is 2. The van der Waals surface area contributed by atoms with Crippen LogP contribution in [0.1, 0.15) is 13.8 Å². The third-order valence-corrected chi connectivity index (χ3v) is 3.95. The van der Waals surface area contributed by atoms with Gasteiger partial charge in [0.15, 0.2) is 0 Å². The molecule has 70 valence electrons. The zero-order chi connectivity index (χ0) is 9.78. The van der Waals surface area contributed by atoms with Crippen LogP contribution in [0.2, 0.25) is 0 Å². The number of hydrogen-bond donors (Lipinski definition) is 0. The van der Waals surface area contributed by atoms with E-state index in [1.807, 2.05) is 0 Å². The molecule has 0 rings (SSSR count). The van der Waals surface area contributed by atoms with E-state index in [1.165, 1.54) is 13.8 Å². The molecule has 0 saturated heterocycles. The zero-order valence-electron chi connectivity index (χ0n) is 6.66. The molecule has 0 N–H and O–H groups in total. The van der Waals surface area contributed by atoms with Gasteiger partial charge in [0.25, 0.3) is 0 Å². The summed E-state index contributed by atoms with van der Waals surface area (Å²) in [5, 5.41) is 20.3. The van der Waals surface area contributed by atoms with Crippen molar-refractivity contribution in [3.05, 3.63) is 0 Å². The molecule has 6 heteroatoms. The first-order valence-corrected chi connectivity index (χ1v) is 5.40. The van der Waals surface area contributed by atoms with E-state index in [0.29, 0.717) is 0 Å². The van der Waals surface area contributed by atoms with Crippen molar-refractivity contribution < 1.29 is 19.8 Å². The molecule has 0 atom stereocenters. The normalized spacial score (nSPS) is 11.2. The van der Waals surface area contributed by atoms with Gasteiger partial charge in [0.2, 0.25) is 0 Å². The van der Waals surface area contributed by atoms with Gasteiger partial charge in [0, 0.05) is 5.75 Å². The first-order chi connectivity index (χ1) is 5.36. The highest BCUT2D eigenvalue weighted by Gasteiger charge is 2.20. The van der Waals surface area contributed by atoms with Crippen LogP contribution in [0.25, 0.3) is 0 Å². The molecule has 0 heterocycles. The summed E-state index contributed by atoms with van der Waals surface area (Å²) in [5.74, 6) is -2.64. The van der Waals surface area contributed by atoms with E-state index in [9.17, 15) is 19.8 Å². The van der Waals surface area contributed by atoms with Crippen LogP contribution in [0.15, 0.2) is 0 Å². The fraction of sp³-hybridized carbons (Fsp3) is 0.667. The molecule has 0 aliphatic carbocycles. The second kappa shape index (κ2) is 4.61. The maximum absolute atomic E-state index is 10.4. The van der Waals surface area contributed by atoms with Crippen LogP contribution in [-0.2, 0) is 9.59 Å². The average Bonchev–Trinajstić information content (AvgIpc) is 1.85. The lowest BCUT2D eigenvalue weighted by atomic mass is 10.2. The van der Waals surface area contributed by atoms with Crippen molar-refractivity contribution in [3.8, 4) is 0 Å². The van der Waals surface area contributed by atoms with E-state index >= 15 is 0 Å². The lowest BCUT2D eigenvalue weighted by Gasteiger charge is -2.23. The minimum absolute atomic E-state index is 0.221. The molecule has 0 unspecified atom stereocenters. The number of carboxylic acids is 2. The molecule has 0 spiro atoms. The van der Waals surface area contributed by atoms with Crippen LogP contribution in [0, 0.1) is 0 Å². The Morgan fingerprint density at radius 1 is 1.33 bits per heavy atom. The quantitative estimate of drug-likeness (QED) is 0.519. The molecular weight excluding hydrogens is 200 g/mol. The van der Waals surface area contributed by atoms with Crippen molar-refractivity contribution >= 4 is 33.5 Å². The lowest BCUT2D eigenvalue weighted by Crippen LogP contribution is -2.40. The van der Waals surface area contributed by atoms with Crippen LogP contribution in [-0.4, -0.2) is 22.4 Å². The maximum Gasteiger partial charge on any atom is 0.0601 e. The molecule has 0 aliphatic rings. The van der Waals surface area contributed by atoms with Gasteiger partial charge in [-0.3, -0.25) is 0 Å². The van der Waals surface area contributed by atoms with Crippen molar-refractivity contribution in [3.63, 3.8) is 0 Å². The minimum atomic E-state index is -1.21. The van der Waals surface area contributed by atoms with Gasteiger partial charge < -0.3 is 19.8 Å². The van der Waals surface area contributed by atoms with E-state index in [-0.39, 0.29) is 5.75 Å². The van der Waals surface area contributed by atoms with Crippen LogP contribution in [0.5, 0.6) is 0 Å². The maximum atomic E-state index is 10.4. The Labute approximate surface area is 78.1 Å². The molecule has 0 aromatic rings. The van der Waals surface area contributed by atoms with Gasteiger partial charge >= 0.3 is 0 Å². The first kappa shape index (κ1) is 11.6. The second-order valence-corrected chi connectivity index (χ2v) is 5.43. The molecule has 0 aromatic heterocycles. The fourth-order valence-electron chi connectivity index (χ4n) is 0.259. The van der Waals surface area contributed by atoms with Crippen molar-refractivity contribution in [1.82, 2.24) is 0 Å². The lowest BCUT2D eigenvalue weighted by molar-refractivity contribution is -0.308. The summed E-state index contributed by atoms with van der Waals surface area (Å²) in [4.78, 5) is 20.3. The van der Waals surface area contributed by atoms with Crippen molar-refractivity contribution in [2.45, 2.75) is 18.6 Å². The summed E-state index contributed by atoms with van der Waals surface area (Å²) in [7, 11) is 1.88. The molecule has 0 aliphatic heterocycles. The third-order valence-electron chi connectivity index (χ3n) is 0.936. The van der Waals surface area contributed by atoms with E-state index in [2.05, 4.69) is 0 Å². The highest BCUT2D eigenvalue weighted by molar-refractivity contribution is 8.77. The summed E-state index contributed by atoms with van der Waals surface area (Å²) in [6, 6.07) is 0. The molecule has 0 aromatic carbocycles. The molecular formula is C6H8O4S2-2. The van der Waals surface area contributed by atoms with Crippen molar-refractivity contribution in [2.24, 2.45) is 0 Å². The molecule has 0 bridgehead atoms. The number of hydrogen-bond acceptors (Lipinski definition) is 6. The standard InChI is InChI=1S/C6H10O4S2/c1-6(2,5(9)10)12-11-3-4(7)8/h3H2,1-2H3,(H,7,8)(H,9,10)/p-2. The summed E-state index contributed by atoms with van der Waals surface area (Å²) >= 11 is 0. The predicted molar refractivity (Wildman–Crippen MR) is 44.1 cm³/mol. The highest BCUT2D eigenvalue weighted by Crippen LogP contribution is 2.34. The Balaban J connectivity index is 3.76. The van der Waals surface area contributed by atoms with E-state index in [1.54, 1.807) is 0 Å². The van der Waals surface area contributed by atoms with Crippen LogP contribution >= 0.6 is 21.6 Å². The van der Waals surface area contributed by atoms with E-state index < -0.39 is 16.7 Å². The molecule has 0 saturated carbocycles. The minimum Gasteiger partial charge on any atom is -0.549 e. The van der Waals surface area contributed by atoms with Crippen LogP contribution in [0.4, 0.5) is 0 Å². The number of carbonyl (C=O) groups excluding carboxylic acids is 2. The predicted octanol–water partition coefficient (Wildman–Crippen LogP) is -1.35. The first-order valence-electron chi connectivity index (χ1n) is 3.08. The number of aliphatic carboxylic acids is 2. The Hall–Kier alpha value is -0.360. The highest BCUT2D eigenvalue weighted by atomic mass is 33.1. The average molecular weight is 208 g/mol. The summed E-state index contributed by atoms with van der Waals surface area (Å²) in [6.45, 7) is 2.91. The van der Waals surface area contributed by atoms with Gasteiger partial charge in [-0.05, 0) is 13.8 Å². The van der Waals surface area contributed by atoms with Crippen LogP contribution in [0.3, 0.4) is 0 Å². The molecule has 0 amide bonds. The van der Waals surface area contributed by atoms with Crippen molar-refractivity contribution in [2.75, 3.05) is 5.75 Å². The third kappa shape index (κ3) is 4.50. The van der Waals surface area contributed by atoms with Gasteiger partial charge in [-0.2, -0.15) is 0 Å². The topological polar surface area (TPSA) is 80.3 Å². The van der Waals surface area contributed by atoms with Crippen LogP contribution < -0.4 is 10.2 Å². The number of rotatable bonds is 5. The van der Waals surface area contributed by atoms with E-state index in [4.69, 9.17) is 0 Å². The summed E-state index contributed by atoms with van der Waals surface area (Å²) in [6.07, 6.45) is 0. The Bertz CT molecular complexity index is 190. The molecule has 0 radical (unpaired) electrons. The van der Waals surface area contributed by atoms with E-state index in [0.717, 1.165) is 21.6 Å². The van der Waals surface area contributed by atoms with Crippen molar-refractivity contribution in [1.29, 1.82) is 0 Å². The Morgan fingerprint density at radius 3 is 2.17 bits per heavy atom. The fourth-order valence-corrected chi connectivity index (χ4v) is 2.33. The van der Waals surface area contributed by atoms with Gasteiger partial charge in [-0.1, -0.05) is 21.6 Å². The van der Waals surface area contributed by atoms with Gasteiger partial charge in [-0.25, -0.2) is 0 Å². The summed E-state index contributed by atoms with van der Waals surface area (Å²) < 4.78 is -1.07. The summed E-state index contributed by atoms with van der Waals surface area (Å²) in [5.41, 5.74) is 0.